The van der Waals surface area contributed by atoms with Gasteiger partial charge in [-0.2, -0.15) is 8.78 Å². The van der Waals surface area contributed by atoms with Crippen LogP contribution in [0.1, 0.15) is 12.3 Å². The molecule has 0 unspecified atom stereocenters. The molecule has 2 aromatic carbocycles. The number of para-hydroxylation sites is 2. The number of esters is 1. The Morgan fingerprint density at radius 1 is 1.11 bits per heavy atom. The molecule has 0 bridgehead atoms. The first-order chi connectivity index (χ1) is 13.5. The highest BCUT2D eigenvalue weighted by atomic mass is 19.3. The SMILES string of the molecule is O=C(COC(=O)CCc1nc2ccccc2o1)Nc1ccc(OC(F)F)cc1. The van der Waals surface area contributed by atoms with Gasteiger partial charge < -0.3 is 19.2 Å². The van der Waals surface area contributed by atoms with Gasteiger partial charge in [0.1, 0.15) is 11.3 Å². The van der Waals surface area contributed by atoms with Crippen LogP contribution in [0.25, 0.3) is 11.1 Å². The van der Waals surface area contributed by atoms with Crippen LogP contribution in [-0.2, 0) is 20.7 Å². The molecule has 1 N–H and O–H groups in total. The van der Waals surface area contributed by atoms with E-state index in [9.17, 15) is 18.4 Å². The van der Waals surface area contributed by atoms with Crippen molar-refractivity contribution in [3.63, 3.8) is 0 Å². The number of aryl methyl sites for hydroxylation is 1. The van der Waals surface area contributed by atoms with Crippen molar-refractivity contribution in [2.24, 2.45) is 0 Å². The largest absolute Gasteiger partial charge is 0.456 e. The number of nitrogens with one attached hydrogen (secondary N) is 1. The van der Waals surface area contributed by atoms with E-state index in [1.165, 1.54) is 24.3 Å². The number of anilines is 1. The van der Waals surface area contributed by atoms with Crippen molar-refractivity contribution in [1.82, 2.24) is 4.98 Å². The topological polar surface area (TPSA) is 90.7 Å². The van der Waals surface area contributed by atoms with Crippen molar-refractivity contribution in [3.8, 4) is 5.75 Å². The summed E-state index contributed by atoms with van der Waals surface area (Å²) in [6.07, 6.45) is 0.264. The minimum atomic E-state index is -2.92. The van der Waals surface area contributed by atoms with Gasteiger partial charge in [-0.05, 0) is 36.4 Å². The van der Waals surface area contributed by atoms with Crippen LogP contribution >= 0.6 is 0 Å². The van der Waals surface area contributed by atoms with Crippen molar-refractivity contribution in [1.29, 1.82) is 0 Å². The van der Waals surface area contributed by atoms with E-state index >= 15 is 0 Å². The second-order valence-corrected chi connectivity index (χ2v) is 5.69. The summed E-state index contributed by atoms with van der Waals surface area (Å²) in [5, 5.41) is 2.48. The Bertz CT molecular complexity index is 923. The van der Waals surface area contributed by atoms with Crippen LogP contribution in [0.4, 0.5) is 14.5 Å². The van der Waals surface area contributed by atoms with Crippen molar-refractivity contribution >= 4 is 28.7 Å². The molecule has 0 saturated carbocycles. The molecule has 0 aliphatic rings. The molecule has 0 aliphatic carbocycles. The van der Waals surface area contributed by atoms with E-state index in [1.54, 1.807) is 12.1 Å². The summed E-state index contributed by atoms with van der Waals surface area (Å²) in [7, 11) is 0. The number of hydrogen-bond donors (Lipinski definition) is 1. The van der Waals surface area contributed by atoms with Gasteiger partial charge in [0.25, 0.3) is 5.91 Å². The third-order valence-electron chi connectivity index (χ3n) is 3.61. The zero-order valence-corrected chi connectivity index (χ0v) is 14.6. The number of benzene rings is 2. The average molecular weight is 390 g/mol. The first-order valence-electron chi connectivity index (χ1n) is 8.34. The third-order valence-corrected chi connectivity index (χ3v) is 3.61. The molecule has 0 radical (unpaired) electrons. The molecule has 1 aromatic heterocycles. The molecule has 146 valence electrons. The molecule has 28 heavy (non-hydrogen) atoms. The van der Waals surface area contributed by atoms with Crippen LogP contribution in [-0.4, -0.2) is 30.1 Å². The number of fused-ring (bicyclic) bond motifs is 1. The standard InChI is InChI=1S/C19H16F2N2O5/c20-19(21)27-13-7-5-12(6-8-13)22-16(24)11-26-18(25)10-9-17-23-14-3-1-2-4-15(14)28-17/h1-8,19H,9-11H2,(H,22,24). The quantitative estimate of drug-likeness (QED) is 0.592. The maximum absolute atomic E-state index is 12.1. The molecule has 9 heteroatoms. The van der Waals surface area contributed by atoms with Crippen LogP contribution in [0, 0.1) is 0 Å². The summed E-state index contributed by atoms with van der Waals surface area (Å²) in [4.78, 5) is 27.8. The van der Waals surface area contributed by atoms with Gasteiger partial charge in [0.05, 0.1) is 6.42 Å². The first-order valence-corrected chi connectivity index (χ1v) is 8.34. The fourth-order valence-corrected chi connectivity index (χ4v) is 2.37. The van der Waals surface area contributed by atoms with Gasteiger partial charge in [0.15, 0.2) is 18.1 Å². The molecule has 1 heterocycles. The number of oxazole rings is 1. The lowest BCUT2D eigenvalue weighted by Crippen LogP contribution is -2.21. The summed E-state index contributed by atoms with van der Waals surface area (Å²) in [5.74, 6) is -0.747. The van der Waals surface area contributed by atoms with Crippen molar-refractivity contribution in [2.45, 2.75) is 19.5 Å². The van der Waals surface area contributed by atoms with E-state index < -0.39 is 25.1 Å². The number of ether oxygens (including phenoxy) is 2. The molecule has 7 nitrogen and oxygen atoms in total. The highest BCUT2D eigenvalue weighted by Crippen LogP contribution is 2.18. The van der Waals surface area contributed by atoms with Crippen LogP contribution in [0.3, 0.4) is 0 Å². The number of aromatic nitrogens is 1. The number of rotatable bonds is 8. The van der Waals surface area contributed by atoms with E-state index in [2.05, 4.69) is 15.0 Å². The minimum Gasteiger partial charge on any atom is -0.456 e. The van der Waals surface area contributed by atoms with E-state index in [-0.39, 0.29) is 18.6 Å². The number of alkyl halides is 2. The Balaban J connectivity index is 1.40. The van der Waals surface area contributed by atoms with Gasteiger partial charge in [-0.25, -0.2) is 4.98 Å². The maximum Gasteiger partial charge on any atom is 0.387 e. The zero-order valence-electron chi connectivity index (χ0n) is 14.6. The summed E-state index contributed by atoms with van der Waals surface area (Å²) in [6, 6.07) is 12.6. The molecular formula is C19H16F2N2O5. The minimum absolute atomic E-state index is 0.0137. The molecule has 3 rings (SSSR count). The molecule has 0 atom stereocenters. The highest BCUT2D eigenvalue weighted by molar-refractivity contribution is 5.92. The van der Waals surface area contributed by atoms with E-state index in [0.29, 0.717) is 22.7 Å². The lowest BCUT2D eigenvalue weighted by Gasteiger charge is -2.08. The van der Waals surface area contributed by atoms with Crippen LogP contribution in [0.2, 0.25) is 0 Å². The average Bonchev–Trinajstić information content (AvgIpc) is 3.09. The summed E-state index contributed by atoms with van der Waals surface area (Å²) >= 11 is 0. The van der Waals surface area contributed by atoms with Crippen LogP contribution in [0.15, 0.2) is 52.9 Å². The molecule has 0 saturated heterocycles. The van der Waals surface area contributed by atoms with Crippen molar-refractivity contribution < 1.29 is 32.3 Å². The Labute approximate surface area is 158 Å². The normalized spacial score (nSPS) is 10.8. The smallest absolute Gasteiger partial charge is 0.387 e. The molecule has 0 spiro atoms. The fourth-order valence-electron chi connectivity index (χ4n) is 2.37. The number of halogens is 2. The Morgan fingerprint density at radius 3 is 2.57 bits per heavy atom. The van der Waals surface area contributed by atoms with Crippen LogP contribution in [0.5, 0.6) is 5.75 Å². The molecule has 1 amide bonds. The molecule has 3 aromatic rings. The second kappa shape index (κ2) is 8.94. The number of amides is 1. The summed E-state index contributed by atoms with van der Waals surface area (Å²) in [5.41, 5.74) is 1.69. The number of carbonyl (C=O) groups excluding carboxylic acids is 2. The zero-order chi connectivity index (χ0) is 19.9. The van der Waals surface area contributed by atoms with Gasteiger partial charge >= 0.3 is 12.6 Å². The Morgan fingerprint density at radius 2 is 1.86 bits per heavy atom. The van der Waals surface area contributed by atoms with E-state index in [4.69, 9.17) is 9.15 Å². The number of hydrogen-bond acceptors (Lipinski definition) is 6. The van der Waals surface area contributed by atoms with Gasteiger partial charge in [-0.3, -0.25) is 9.59 Å². The lowest BCUT2D eigenvalue weighted by molar-refractivity contribution is -0.147. The van der Waals surface area contributed by atoms with Gasteiger partial charge in [-0.15, -0.1) is 0 Å². The monoisotopic (exact) mass is 390 g/mol. The molecule has 0 aliphatic heterocycles. The summed E-state index contributed by atoms with van der Waals surface area (Å²) in [6.45, 7) is -3.39. The third kappa shape index (κ3) is 5.50. The predicted octanol–water partition coefficient (Wildman–Crippen LogP) is 3.54. The van der Waals surface area contributed by atoms with Gasteiger partial charge in [-0.1, -0.05) is 12.1 Å². The fraction of sp³-hybridized carbons (Fsp3) is 0.211. The number of carbonyl (C=O) groups is 2. The van der Waals surface area contributed by atoms with Crippen LogP contribution < -0.4 is 10.1 Å². The van der Waals surface area contributed by atoms with Gasteiger partial charge in [0, 0.05) is 12.1 Å². The Kier molecular flexibility index (Phi) is 6.15. The maximum atomic E-state index is 12.1. The highest BCUT2D eigenvalue weighted by Gasteiger charge is 2.12. The second-order valence-electron chi connectivity index (χ2n) is 5.69. The predicted molar refractivity (Wildman–Crippen MR) is 95.0 cm³/mol. The van der Waals surface area contributed by atoms with E-state index in [0.717, 1.165) is 0 Å². The van der Waals surface area contributed by atoms with Gasteiger partial charge in [0.2, 0.25) is 0 Å². The lowest BCUT2D eigenvalue weighted by atomic mass is 10.3. The van der Waals surface area contributed by atoms with Crippen molar-refractivity contribution in [3.05, 3.63) is 54.4 Å². The van der Waals surface area contributed by atoms with E-state index in [1.807, 2.05) is 12.1 Å². The number of nitrogens with zero attached hydrogens (tertiary/aromatic N) is 1. The molecule has 0 fully saturated rings. The van der Waals surface area contributed by atoms with Crippen molar-refractivity contribution in [2.75, 3.05) is 11.9 Å². The first kappa shape index (κ1) is 19.3. The Hall–Kier alpha value is -3.49. The summed E-state index contributed by atoms with van der Waals surface area (Å²) < 4.78 is 38.8. The molecular weight excluding hydrogens is 374 g/mol.